The number of hydrogen-bond donors (Lipinski definition) is 1. The van der Waals surface area contributed by atoms with Crippen LogP contribution in [0, 0.1) is 0 Å². The molecule has 8 heteroatoms. The topological polar surface area (TPSA) is 80.5 Å². The number of carbonyl (C=O) groups excluding carboxylic acids is 1. The Hall–Kier alpha value is -1.34. The Morgan fingerprint density at radius 3 is 3.05 bits per heavy atom. The molecule has 1 aromatic heterocycles. The Morgan fingerprint density at radius 2 is 2.42 bits per heavy atom. The van der Waals surface area contributed by atoms with E-state index in [0.29, 0.717) is 38.2 Å². The summed E-state index contributed by atoms with van der Waals surface area (Å²) in [7, 11) is 0. The van der Waals surface area contributed by atoms with Crippen LogP contribution >= 0.6 is 11.6 Å². The number of hydrogen-bond acceptors (Lipinski definition) is 6. The molecule has 0 aliphatic carbocycles. The van der Waals surface area contributed by atoms with Gasteiger partial charge in [0, 0.05) is 13.1 Å². The number of alkyl halides is 1. The number of anilines is 1. The molecule has 106 valence electrons. The molecule has 1 aliphatic rings. The van der Waals surface area contributed by atoms with Crippen LogP contribution in [0.5, 0.6) is 0 Å². The first kappa shape index (κ1) is 14.1. The van der Waals surface area contributed by atoms with E-state index in [0.717, 1.165) is 0 Å². The molecule has 1 N–H and O–H groups in total. The van der Waals surface area contributed by atoms with Gasteiger partial charge in [-0.3, -0.25) is 4.79 Å². The van der Waals surface area contributed by atoms with Crippen molar-refractivity contribution in [3.63, 3.8) is 0 Å². The maximum absolute atomic E-state index is 12.0. The first-order chi connectivity index (χ1) is 9.13. The van der Waals surface area contributed by atoms with E-state index in [1.807, 2.05) is 6.92 Å². The number of carbonyl (C=O) groups is 1. The summed E-state index contributed by atoms with van der Waals surface area (Å²) in [6, 6.07) is -0.144. The number of nitrogens with zero attached hydrogens (tertiary/aromatic N) is 3. The molecule has 0 bridgehead atoms. The third-order valence-corrected chi connectivity index (χ3v) is 2.98. The Labute approximate surface area is 116 Å². The highest BCUT2D eigenvalue weighted by molar-refractivity contribution is 6.20. The van der Waals surface area contributed by atoms with Gasteiger partial charge in [-0.15, -0.1) is 16.7 Å². The highest BCUT2D eigenvalue weighted by Crippen LogP contribution is 2.23. The highest BCUT2D eigenvalue weighted by atomic mass is 35.5. The van der Waals surface area contributed by atoms with Crippen molar-refractivity contribution in [3.8, 4) is 0 Å². The minimum absolute atomic E-state index is 0.110. The SMILES string of the molecule is CCNC(=O)C1COCCN1c1nnc(C(C)Cl)o1. The van der Waals surface area contributed by atoms with Crippen LogP contribution in [0.15, 0.2) is 4.42 Å². The smallest absolute Gasteiger partial charge is 0.319 e. The quantitative estimate of drug-likeness (QED) is 0.822. The fraction of sp³-hybridized carbons (Fsp3) is 0.727. The van der Waals surface area contributed by atoms with Crippen LogP contribution in [-0.4, -0.2) is 48.4 Å². The third-order valence-electron chi connectivity index (χ3n) is 2.80. The second kappa shape index (κ2) is 6.21. The fourth-order valence-corrected chi connectivity index (χ4v) is 1.93. The van der Waals surface area contributed by atoms with E-state index in [1.165, 1.54) is 0 Å². The molecule has 1 amide bonds. The van der Waals surface area contributed by atoms with Crippen molar-refractivity contribution in [2.75, 3.05) is 31.2 Å². The maximum atomic E-state index is 12.0. The number of halogens is 1. The number of likely N-dealkylation sites (N-methyl/N-ethyl adjacent to an activating group) is 1. The number of ether oxygens (including phenoxy) is 1. The van der Waals surface area contributed by atoms with Crippen molar-refractivity contribution in [1.82, 2.24) is 15.5 Å². The van der Waals surface area contributed by atoms with E-state index in [1.54, 1.807) is 11.8 Å². The van der Waals surface area contributed by atoms with Crippen LogP contribution in [-0.2, 0) is 9.53 Å². The van der Waals surface area contributed by atoms with E-state index < -0.39 is 6.04 Å². The van der Waals surface area contributed by atoms with E-state index in [-0.39, 0.29) is 11.3 Å². The average Bonchev–Trinajstić information content (AvgIpc) is 2.88. The normalized spacial score (nSPS) is 21.2. The van der Waals surface area contributed by atoms with Crippen molar-refractivity contribution < 1.29 is 13.9 Å². The van der Waals surface area contributed by atoms with Gasteiger partial charge < -0.3 is 19.4 Å². The van der Waals surface area contributed by atoms with Crippen LogP contribution in [0.2, 0.25) is 0 Å². The van der Waals surface area contributed by atoms with Crippen molar-refractivity contribution >= 4 is 23.5 Å². The number of amides is 1. The van der Waals surface area contributed by atoms with Crippen LogP contribution in [0.3, 0.4) is 0 Å². The zero-order valence-electron chi connectivity index (χ0n) is 10.9. The first-order valence-electron chi connectivity index (χ1n) is 6.23. The van der Waals surface area contributed by atoms with Gasteiger partial charge in [0.2, 0.25) is 11.8 Å². The Balaban J connectivity index is 2.16. The zero-order valence-corrected chi connectivity index (χ0v) is 11.7. The van der Waals surface area contributed by atoms with Gasteiger partial charge in [-0.25, -0.2) is 0 Å². The largest absolute Gasteiger partial charge is 0.406 e. The lowest BCUT2D eigenvalue weighted by atomic mass is 10.2. The number of aromatic nitrogens is 2. The molecule has 2 unspecified atom stereocenters. The highest BCUT2D eigenvalue weighted by Gasteiger charge is 2.32. The van der Waals surface area contributed by atoms with Crippen LogP contribution < -0.4 is 10.2 Å². The number of morpholine rings is 1. The summed E-state index contributed by atoms with van der Waals surface area (Å²) in [5, 5.41) is 10.2. The predicted molar refractivity (Wildman–Crippen MR) is 69.2 cm³/mol. The minimum atomic E-state index is -0.451. The second-order valence-electron chi connectivity index (χ2n) is 4.22. The third kappa shape index (κ3) is 3.16. The Kier molecular flexibility index (Phi) is 4.60. The average molecular weight is 289 g/mol. The Bertz CT molecular complexity index is 437. The molecule has 2 atom stereocenters. The standard InChI is InChI=1S/C11H17ClN4O3/c1-3-13-9(17)8-6-18-5-4-16(8)11-15-14-10(19-11)7(2)12/h7-8H,3-6H2,1-2H3,(H,13,17). The predicted octanol–water partition coefficient (Wildman–Crippen LogP) is 0.711. The van der Waals surface area contributed by atoms with Crippen molar-refractivity contribution in [2.24, 2.45) is 0 Å². The van der Waals surface area contributed by atoms with Crippen molar-refractivity contribution in [1.29, 1.82) is 0 Å². The number of nitrogens with one attached hydrogen (secondary N) is 1. The van der Waals surface area contributed by atoms with Gasteiger partial charge in [0.05, 0.1) is 13.2 Å². The van der Waals surface area contributed by atoms with Crippen LogP contribution in [0.25, 0.3) is 0 Å². The minimum Gasteiger partial charge on any atom is -0.406 e. The van der Waals surface area contributed by atoms with Gasteiger partial charge in [0.15, 0.2) is 0 Å². The molecule has 19 heavy (non-hydrogen) atoms. The second-order valence-corrected chi connectivity index (χ2v) is 4.87. The lowest BCUT2D eigenvalue weighted by Crippen LogP contribution is -2.54. The van der Waals surface area contributed by atoms with E-state index >= 15 is 0 Å². The fourth-order valence-electron chi connectivity index (χ4n) is 1.85. The summed E-state index contributed by atoms with van der Waals surface area (Å²) in [6.45, 7) is 5.53. The summed E-state index contributed by atoms with van der Waals surface area (Å²) in [5.41, 5.74) is 0. The van der Waals surface area contributed by atoms with E-state index in [4.69, 9.17) is 20.8 Å². The van der Waals surface area contributed by atoms with Gasteiger partial charge >= 0.3 is 6.01 Å². The molecule has 2 heterocycles. The molecular formula is C11H17ClN4O3. The molecule has 2 rings (SSSR count). The summed E-state index contributed by atoms with van der Waals surface area (Å²) < 4.78 is 10.8. The monoisotopic (exact) mass is 288 g/mol. The first-order valence-corrected chi connectivity index (χ1v) is 6.66. The summed E-state index contributed by atoms with van der Waals surface area (Å²) in [6.07, 6.45) is 0. The van der Waals surface area contributed by atoms with Crippen molar-refractivity contribution in [2.45, 2.75) is 25.3 Å². The zero-order chi connectivity index (χ0) is 13.8. The van der Waals surface area contributed by atoms with Crippen LogP contribution in [0.4, 0.5) is 6.01 Å². The summed E-state index contributed by atoms with van der Waals surface area (Å²) >= 11 is 5.89. The molecule has 1 aromatic rings. The molecule has 1 aliphatic heterocycles. The summed E-state index contributed by atoms with van der Waals surface area (Å²) in [5.74, 6) is 0.235. The molecule has 1 saturated heterocycles. The van der Waals surface area contributed by atoms with Gasteiger partial charge in [-0.2, -0.15) is 0 Å². The van der Waals surface area contributed by atoms with Gasteiger partial charge in [0.1, 0.15) is 11.4 Å². The van der Waals surface area contributed by atoms with Gasteiger partial charge in [-0.1, -0.05) is 5.10 Å². The van der Waals surface area contributed by atoms with Gasteiger partial charge in [-0.05, 0) is 13.8 Å². The van der Waals surface area contributed by atoms with Crippen molar-refractivity contribution in [3.05, 3.63) is 5.89 Å². The molecule has 1 fully saturated rings. The molecular weight excluding hydrogens is 272 g/mol. The molecule has 7 nitrogen and oxygen atoms in total. The maximum Gasteiger partial charge on any atom is 0.319 e. The van der Waals surface area contributed by atoms with E-state index in [9.17, 15) is 4.79 Å². The molecule has 0 radical (unpaired) electrons. The lowest BCUT2D eigenvalue weighted by molar-refractivity contribution is -0.124. The van der Waals surface area contributed by atoms with Gasteiger partial charge in [0.25, 0.3) is 0 Å². The molecule has 0 aromatic carbocycles. The van der Waals surface area contributed by atoms with E-state index in [2.05, 4.69) is 15.5 Å². The number of rotatable bonds is 4. The molecule has 0 spiro atoms. The Morgan fingerprint density at radius 1 is 1.63 bits per heavy atom. The molecule has 0 saturated carbocycles. The lowest BCUT2D eigenvalue weighted by Gasteiger charge is -2.32. The summed E-state index contributed by atoms with van der Waals surface area (Å²) in [4.78, 5) is 13.7. The van der Waals surface area contributed by atoms with Crippen LogP contribution in [0.1, 0.15) is 25.1 Å².